The van der Waals surface area contributed by atoms with Crippen molar-refractivity contribution in [2.24, 2.45) is 5.92 Å². The molecular weight excluding hydrogens is 214 g/mol. The maximum absolute atomic E-state index is 11.9. The summed E-state index contributed by atoms with van der Waals surface area (Å²) in [5.74, 6) is 0.443. The topological polar surface area (TPSA) is 49.3 Å². The molecule has 0 heterocycles. The summed E-state index contributed by atoms with van der Waals surface area (Å²) in [6.07, 6.45) is 3.97. The van der Waals surface area contributed by atoms with Crippen molar-refractivity contribution in [1.29, 1.82) is 0 Å². The third-order valence-electron chi connectivity index (χ3n) is 3.48. The summed E-state index contributed by atoms with van der Waals surface area (Å²) in [4.78, 5) is 11.9. The molecule has 0 spiro atoms. The molecule has 3 heteroatoms. The lowest BCUT2D eigenvalue weighted by Gasteiger charge is -2.27. The Morgan fingerprint density at radius 1 is 1.18 bits per heavy atom. The van der Waals surface area contributed by atoms with Crippen molar-refractivity contribution in [1.82, 2.24) is 5.32 Å². The van der Waals surface area contributed by atoms with Crippen LogP contribution in [0.2, 0.25) is 0 Å². The number of hydrogen-bond donors (Lipinski definition) is 2. The Balaban J connectivity index is 1.84. The Bertz CT molecular complexity index is 356. The average molecular weight is 233 g/mol. The lowest BCUT2D eigenvalue weighted by molar-refractivity contribution is 0.0914. The van der Waals surface area contributed by atoms with E-state index in [1.54, 1.807) is 0 Å². The Morgan fingerprint density at radius 3 is 2.41 bits per heavy atom. The van der Waals surface area contributed by atoms with E-state index in [0.717, 1.165) is 31.2 Å². The lowest BCUT2D eigenvalue weighted by atomic mass is 9.86. The minimum atomic E-state index is 0.0121. The minimum Gasteiger partial charge on any atom is -0.396 e. The fourth-order valence-corrected chi connectivity index (χ4v) is 2.35. The van der Waals surface area contributed by atoms with Crippen LogP contribution in [0.15, 0.2) is 30.3 Å². The molecule has 0 unspecified atom stereocenters. The summed E-state index contributed by atoms with van der Waals surface area (Å²) < 4.78 is 0. The number of benzene rings is 1. The van der Waals surface area contributed by atoms with E-state index in [9.17, 15) is 4.79 Å². The molecule has 1 saturated carbocycles. The quantitative estimate of drug-likeness (QED) is 0.838. The summed E-state index contributed by atoms with van der Waals surface area (Å²) in [5, 5.41) is 12.1. The standard InChI is InChI=1S/C14H19NO2/c16-10-11-6-8-13(9-7-11)15-14(17)12-4-2-1-3-5-12/h1-5,11,13,16H,6-10H2,(H,15,17). The maximum atomic E-state index is 11.9. The first-order valence-electron chi connectivity index (χ1n) is 6.26. The minimum absolute atomic E-state index is 0.0121. The molecule has 1 amide bonds. The van der Waals surface area contributed by atoms with Gasteiger partial charge in [0.05, 0.1) is 0 Å². The molecule has 3 nitrogen and oxygen atoms in total. The summed E-state index contributed by atoms with van der Waals surface area (Å²) in [7, 11) is 0. The molecule has 1 aromatic rings. The highest BCUT2D eigenvalue weighted by atomic mass is 16.3. The monoisotopic (exact) mass is 233 g/mol. The van der Waals surface area contributed by atoms with Gasteiger partial charge in [0.2, 0.25) is 0 Å². The van der Waals surface area contributed by atoms with Crippen molar-refractivity contribution in [2.75, 3.05) is 6.61 Å². The molecule has 1 aliphatic carbocycles. The number of nitrogens with one attached hydrogen (secondary N) is 1. The Kier molecular flexibility index (Phi) is 4.15. The summed E-state index contributed by atoms with van der Waals surface area (Å²) in [6, 6.07) is 9.58. The Labute approximate surface area is 102 Å². The SMILES string of the molecule is O=C(NC1CCC(CO)CC1)c1ccccc1. The maximum Gasteiger partial charge on any atom is 0.251 e. The molecular formula is C14H19NO2. The van der Waals surface area contributed by atoms with Crippen LogP contribution in [-0.4, -0.2) is 23.7 Å². The smallest absolute Gasteiger partial charge is 0.251 e. The lowest BCUT2D eigenvalue weighted by Crippen LogP contribution is -2.38. The number of aliphatic hydroxyl groups is 1. The number of aliphatic hydroxyl groups excluding tert-OH is 1. The fraction of sp³-hybridized carbons (Fsp3) is 0.500. The molecule has 0 aliphatic heterocycles. The van der Waals surface area contributed by atoms with Crippen LogP contribution in [0, 0.1) is 5.92 Å². The van der Waals surface area contributed by atoms with Crippen molar-refractivity contribution in [3.8, 4) is 0 Å². The Hall–Kier alpha value is -1.35. The summed E-state index contributed by atoms with van der Waals surface area (Å²) >= 11 is 0. The van der Waals surface area contributed by atoms with E-state index in [0.29, 0.717) is 5.92 Å². The van der Waals surface area contributed by atoms with Crippen LogP contribution in [0.1, 0.15) is 36.0 Å². The molecule has 0 radical (unpaired) electrons. The van der Waals surface area contributed by atoms with Gasteiger partial charge < -0.3 is 10.4 Å². The van der Waals surface area contributed by atoms with Gasteiger partial charge in [-0.1, -0.05) is 18.2 Å². The molecule has 17 heavy (non-hydrogen) atoms. The van der Waals surface area contributed by atoms with Crippen LogP contribution in [0.25, 0.3) is 0 Å². The second-order valence-corrected chi connectivity index (χ2v) is 4.74. The third kappa shape index (κ3) is 3.30. The molecule has 0 aromatic heterocycles. The summed E-state index contributed by atoms with van der Waals surface area (Å²) in [5.41, 5.74) is 0.719. The highest BCUT2D eigenvalue weighted by Crippen LogP contribution is 2.23. The first-order valence-corrected chi connectivity index (χ1v) is 6.26. The molecule has 1 aromatic carbocycles. The summed E-state index contributed by atoms with van der Waals surface area (Å²) in [6.45, 7) is 0.277. The first kappa shape index (κ1) is 12.1. The number of carbonyl (C=O) groups is 1. The van der Waals surface area contributed by atoms with Gasteiger partial charge in [-0.15, -0.1) is 0 Å². The van der Waals surface area contributed by atoms with E-state index >= 15 is 0 Å². The number of amides is 1. The molecule has 1 aliphatic rings. The largest absolute Gasteiger partial charge is 0.396 e. The van der Waals surface area contributed by atoms with Crippen molar-refractivity contribution in [3.05, 3.63) is 35.9 Å². The van der Waals surface area contributed by atoms with Gasteiger partial charge in [0.15, 0.2) is 0 Å². The molecule has 2 N–H and O–H groups in total. The average Bonchev–Trinajstić information content (AvgIpc) is 2.40. The second-order valence-electron chi connectivity index (χ2n) is 4.74. The zero-order valence-electron chi connectivity index (χ0n) is 9.93. The molecule has 2 rings (SSSR count). The number of rotatable bonds is 3. The third-order valence-corrected chi connectivity index (χ3v) is 3.48. The van der Waals surface area contributed by atoms with Gasteiger partial charge in [-0.3, -0.25) is 4.79 Å². The zero-order valence-corrected chi connectivity index (χ0v) is 9.93. The van der Waals surface area contributed by atoms with Crippen molar-refractivity contribution < 1.29 is 9.90 Å². The van der Waals surface area contributed by atoms with Crippen LogP contribution in [0.4, 0.5) is 0 Å². The normalized spacial score (nSPS) is 24.3. The van der Waals surface area contributed by atoms with E-state index < -0.39 is 0 Å². The molecule has 0 saturated heterocycles. The van der Waals surface area contributed by atoms with Gasteiger partial charge in [0.25, 0.3) is 5.91 Å². The van der Waals surface area contributed by atoms with Crippen molar-refractivity contribution >= 4 is 5.91 Å². The van der Waals surface area contributed by atoms with E-state index in [1.165, 1.54) is 0 Å². The van der Waals surface area contributed by atoms with Crippen LogP contribution >= 0.6 is 0 Å². The second kappa shape index (κ2) is 5.82. The van der Waals surface area contributed by atoms with Crippen LogP contribution < -0.4 is 5.32 Å². The van der Waals surface area contributed by atoms with E-state index in [1.807, 2.05) is 30.3 Å². The van der Waals surface area contributed by atoms with E-state index in [2.05, 4.69) is 5.32 Å². The van der Waals surface area contributed by atoms with Gasteiger partial charge >= 0.3 is 0 Å². The number of carbonyl (C=O) groups excluding carboxylic acids is 1. The molecule has 0 atom stereocenters. The van der Waals surface area contributed by atoms with Crippen LogP contribution in [0.3, 0.4) is 0 Å². The van der Waals surface area contributed by atoms with E-state index in [4.69, 9.17) is 5.11 Å². The van der Waals surface area contributed by atoms with Gasteiger partial charge in [-0.05, 0) is 43.7 Å². The predicted octanol–water partition coefficient (Wildman–Crippen LogP) is 1.97. The van der Waals surface area contributed by atoms with Gasteiger partial charge in [0, 0.05) is 18.2 Å². The van der Waals surface area contributed by atoms with Crippen molar-refractivity contribution in [3.63, 3.8) is 0 Å². The van der Waals surface area contributed by atoms with Gasteiger partial charge in [-0.25, -0.2) is 0 Å². The fourth-order valence-electron chi connectivity index (χ4n) is 2.35. The number of hydrogen-bond acceptors (Lipinski definition) is 2. The van der Waals surface area contributed by atoms with Gasteiger partial charge in [0.1, 0.15) is 0 Å². The molecule has 0 bridgehead atoms. The zero-order chi connectivity index (χ0) is 12.1. The highest BCUT2D eigenvalue weighted by Gasteiger charge is 2.21. The van der Waals surface area contributed by atoms with Gasteiger partial charge in [-0.2, -0.15) is 0 Å². The molecule has 1 fully saturated rings. The van der Waals surface area contributed by atoms with Crippen molar-refractivity contribution in [2.45, 2.75) is 31.7 Å². The van der Waals surface area contributed by atoms with E-state index in [-0.39, 0.29) is 18.6 Å². The Morgan fingerprint density at radius 2 is 1.82 bits per heavy atom. The molecule has 92 valence electrons. The van der Waals surface area contributed by atoms with Crippen LogP contribution in [-0.2, 0) is 0 Å². The van der Waals surface area contributed by atoms with Crippen LogP contribution in [0.5, 0.6) is 0 Å². The first-order chi connectivity index (χ1) is 8.29. The highest BCUT2D eigenvalue weighted by molar-refractivity contribution is 5.94. The predicted molar refractivity (Wildman–Crippen MR) is 66.7 cm³/mol.